The molecule has 0 aliphatic carbocycles. The second kappa shape index (κ2) is 8.16. The molecule has 0 aromatic heterocycles. The average Bonchev–Trinajstić information content (AvgIpc) is 2.28. The first kappa shape index (κ1) is 16.0. The topological polar surface area (TPSA) is 29.3 Å². The highest BCUT2D eigenvalue weighted by Crippen LogP contribution is 2.26. The molecule has 0 aromatic rings. The van der Waals surface area contributed by atoms with E-state index in [1.54, 1.807) is 0 Å². The molecular weight excluding hydrogens is 220 g/mol. The van der Waals surface area contributed by atoms with E-state index in [1.165, 1.54) is 45.2 Å². The van der Waals surface area contributed by atoms with Crippen molar-refractivity contribution in [2.75, 3.05) is 19.6 Å². The Morgan fingerprint density at radius 3 is 2.22 bits per heavy atom. The molecule has 2 nitrogen and oxygen atoms in total. The molecule has 1 unspecified atom stereocenters. The summed E-state index contributed by atoms with van der Waals surface area (Å²) in [6.07, 6.45) is 6.69. The molecule has 0 amide bonds. The van der Waals surface area contributed by atoms with Gasteiger partial charge in [-0.15, -0.1) is 0 Å². The van der Waals surface area contributed by atoms with Gasteiger partial charge in [0.25, 0.3) is 0 Å². The molecule has 2 heteroatoms. The van der Waals surface area contributed by atoms with E-state index in [1.807, 2.05) is 0 Å². The van der Waals surface area contributed by atoms with Gasteiger partial charge in [-0.1, -0.05) is 27.7 Å². The maximum atomic E-state index is 5.72. The van der Waals surface area contributed by atoms with Crippen LogP contribution in [0.4, 0.5) is 0 Å². The Morgan fingerprint density at radius 1 is 1.11 bits per heavy atom. The maximum absolute atomic E-state index is 5.72. The van der Waals surface area contributed by atoms with E-state index in [4.69, 9.17) is 5.73 Å². The molecular formula is C16H34N2. The molecule has 1 atom stereocenters. The summed E-state index contributed by atoms with van der Waals surface area (Å²) in [6.45, 7) is 12.9. The highest BCUT2D eigenvalue weighted by atomic mass is 15.2. The van der Waals surface area contributed by atoms with Gasteiger partial charge < -0.3 is 10.6 Å². The molecule has 18 heavy (non-hydrogen) atoms. The molecule has 0 spiro atoms. The molecule has 2 N–H and O–H groups in total. The van der Waals surface area contributed by atoms with Crippen LogP contribution in [-0.2, 0) is 0 Å². The van der Waals surface area contributed by atoms with Gasteiger partial charge >= 0.3 is 0 Å². The van der Waals surface area contributed by atoms with E-state index >= 15 is 0 Å². The van der Waals surface area contributed by atoms with E-state index in [0.29, 0.717) is 0 Å². The first-order valence-electron chi connectivity index (χ1n) is 7.97. The van der Waals surface area contributed by atoms with Crippen LogP contribution in [-0.4, -0.2) is 30.6 Å². The summed E-state index contributed by atoms with van der Waals surface area (Å²) in [5.41, 5.74) is 5.72. The number of hydrogen-bond acceptors (Lipinski definition) is 2. The third kappa shape index (κ3) is 5.71. The van der Waals surface area contributed by atoms with Gasteiger partial charge in [0, 0.05) is 12.6 Å². The van der Waals surface area contributed by atoms with Crippen LogP contribution < -0.4 is 5.73 Å². The summed E-state index contributed by atoms with van der Waals surface area (Å²) in [5, 5.41) is 0. The molecule has 1 aliphatic rings. The number of hydrogen-bond donors (Lipinski definition) is 1. The van der Waals surface area contributed by atoms with Gasteiger partial charge in [-0.2, -0.15) is 0 Å². The predicted molar refractivity (Wildman–Crippen MR) is 80.7 cm³/mol. The van der Waals surface area contributed by atoms with Crippen molar-refractivity contribution in [1.82, 2.24) is 4.90 Å². The molecule has 0 bridgehead atoms. The molecule has 0 saturated carbocycles. The number of nitrogens with zero attached hydrogens (tertiary/aromatic N) is 1. The summed E-state index contributed by atoms with van der Waals surface area (Å²) in [5.74, 6) is 2.47. The molecule has 1 saturated heterocycles. The zero-order valence-corrected chi connectivity index (χ0v) is 13.0. The molecule has 1 rings (SSSR count). The molecule has 1 aliphatic heterocycles. The van der Waals surface area contributed by atoms with Crippen molar-refractivity contribution < 1.29 is 0 Å². The lowest BCUT2D eigenvalue weighted by atomic mass is 9.89. The fourth-order valence-corrected chi connectivity index (χ4v) is 3.38. The Morgan fingerprint density at radius 2 is 1.72 bits per heavy atom. The Balaban J connectivity index is 2.54. The predicted octanol–water partition coefficient (Wildman–Crippen LogP) is 3.51. The second-order valence-electron chi connectivity index (χ2n) is 6.99. The molecule has 108 valence electrons. The van der Waals surface area contributed by atoms with Crippen LogP contribution in [0.3, 0.4) is 0 Å². The molecule has 0 radical (unpaired) electrons. The summed E-state index contributed by atoms with van der Waals surface area (Å²) in [4.78, 5) is 2.77. The molecule has 0 aromatic carbocycles. The molecule has 1 fully saturated rings. The van der Waals surface area contributed by atoms with Crippen LogP contribution in [0, 0.1) is 17.8 Å². The minimum Gasteiger partial charge on any atom is -0.330 e. The van der Waals surface area contributed by atoms with Gasteiger partial charge in [0.05, 0.1) is 0 Å². The Labute approximate surface area is 114 Å². The van der Waals surface area contributed by atoms with E-state index in [2.05, 4.69) is 32.6 Å². The first-order valence-corrected chi connectivity index (χ1v) is 7.97. The SMILES string of the molecule is CC(C)CC(CC(C)C)N1CCCC(CCN)C1. The summed E-state index contributed by atoms with van der Waals surface area (Å²) < 4.78 is 0. The Bertz CT molecular complexity index is 201. The summed E-state index contributed by atoms with van der Waals surface area (Å²) in [6, 6.07) is 0.797. The van der Waals surface area contributed by atoms with Crippen molar-refractivity contribution in [3.8, 4) is 0 Å². The van der Waals surface area contributed by atoms with Crippen LogP contribution >= 0.6 is 0 Å². The number of likely N-dealkylation sites (tertiary alicyclic amines) is 1. The smallest absolute Gasteiger partial charge is 0.0100 e. The van der Waals surface area contributed by atoms with Crippen LogP contribution in [0.5, 0.6) is 0 Å². The largest absolute Gasteiger partial charge is 0.330 e. The number of nitrogens with two attached hydrogens (primary N) is 1. The van der Waals surface area contributed by atoms with Crippen LogP contribution in [0.2, 0.25) is 0 Å². The van der Waals surface area contributed by atoms with E-state index in [0.717, 1.165) is 30.3 Å². The Kier molecular flexibility index (Phi) is 7.25. The zero-order valence-electron chi connectivity index (χ0n) is 13.0. The lowest BCUT2D eigenvalue weighted by Gasteiger charge is -2.40. The lowest BCUT2D eigenvalue weighted by molar-refractivity contribution is 0.0936. The number of piperidine rings is 1. The van der Waals surface area contributed by atoms with Gasteiger partial charge in [0.2, 0.25) is 0 Å². The van der Waals surface area contributed by atoms with Crippen molar-refractivity contribution in [1.29, 1.82) is 0 Å². The highest BCUT2D eigenvalue weighted by molar-refractivity contribution is 4.81. The lowest BCUT2D eigenvalue weighted by Crippen LogP contribution is -2.44. The van der Waals surface area contributed by atoms with Gasteiger partial charge in [-0.05, 0) is 62.9 Å². The maximum Gasteiger partial charge on any atom is 0.0100 e. The minimum absolute atomic E-state index is 0.797. The van der Waals surface area contributed by atoms with Gasteiger partial charge in [-0.3, -0.25) is 0 Å². The second-order valence-corrected chi connectivity index (χ2v) is 6.99. The first-order chi connectivity index (χ1) is 8.52. The fourth-order valence-electron chi connectivity index (χ4n) is 3.38. The van der Waals surface area contributed by atoms with Gasteiger partial charge in [-0.25, -0.2) is 0 Å². The zero-order chi connectivity index (χ0) is 13.5. The van der Waals surface area contributed by atoms with E-state index in [-0.39, 0.29) is 0 Å². The van der Waals surface area contributed by atoms with Gasteiger partial charge in [0.1, 0.15) is 0 Å². The highest BCUT2D eigenvalue weighted by Gasteiger charge is 2.26. The van der Waals surface area contributed by atoms with Crippen LogP contribution in [0.15, 0.2) is 0 Å². The van der Waals surface area contributed by atoms with Gasteiger partial charge in [0.15, 0.2) is 0 Å². The van der Waals surface area contributed by atoms with E-state index in [9.17, 15) is 0 Å². The van der Waals surface area contributed by atoms with Crippen molar-refractivity contribution >= 4 is 0 Å². The monoisotopic (exact) mass is 254 g/mol. The minimum atomic E-state index is 0.797. The van der Waals surface area contributed by atoms with Crippen LogP contribution in [0.1, 0.15) is 59.8 Å². The fraction of sp³-hybridized carbons (Fsp3) is 1.00. The third-order valence-electron chi connectivity index (χ3n) is 4.13. The molecule has 1 heterocycles. The quantitative estimate of drug-likeness (QED) is 0.753. The average molecular weight is 254 g/mol. The summed E-state index contributed by atoms with van der Waals surface area (Å²) >= 11 is 0. The van der Waals surface area contributed by atoms with Crippen molar-refractivity contribution in [2.45, 2.75) is 65.8 Å². The third-order valence-corrected chi connectivity index (χ3v) is 4.13. The van der Waals surface area contributed by atoms with Crippen LogP contribution in [0.25, 0.3) is 0 Å². The number of rotatable bonds is 7. The Hall–Kier alpha value is -0.0800. The normalized spacial score (nSPS) is 22.3. The van der Waals surface area contributed by atoms with Crippen molar-refractivity contribution in [3.63, 3.8) is 0 Å². The standard InChI is InChI=1S/C16H34N2/c1-13(2)10-16(11-14(3)4)18-9-5-6-15(12-18)7-8-17/h13-16H,5-12,17H2,1-4H3. The van der Waals surface area contributed by atoms with Crippen molar-refractivity contribution in [2.24, 2.45) is 23.5 Å². The van der Waals surface area contributed by atoms with Crippen molar-refractivity contribution in [3.05, 3.63) is 0 Å². The summed E-state index contributed by atoms with van der Waals surface area (Å²) in [7, 11) is 0. The van der Waals surface area contributed by atoms with E-state index < -0.39 is 0 Å².